The number of pyridine rings is 1. The van der Waals surface area contributed by atoms with E-state index in [2.05, 4.69) is 26.3 Å². The van der Waals surface area contributed by atoms with E-state index in [-0.39, 0.29) is 18.2 Å². The second-order valence-corrected chi connectivity index (χ2v) is 9.79. The summed E-state index contributed by atoms with van der Waals surface area (Å²) in [7, 11) is 1.22. The highest BCUT2D eigenvalue weighted by Gasteiger charge is 2.45. The molecular formula is C31H35N5O7. The predicted molar refractivity (Wildman–Crippen MR) is 156 cm³/mol. The molecule has 2 aromatic carbocycles. The average Bonchev–Trinajstić information content (AvgIpc) is 3.03. The third kappa shape index (κ3) is 8.86. The largest absolute Gasteiger partial charge is 0.467 e. The van der Waals surface area contributed by atoms with E-state index in [1.165, 1.54) is 13.3 Å². The number of esters is 1. The molecule has 2 atom stereocenters. The molecule has 0 bridgehead atoms. The maximum absolute atomic E-state index is 14.0. The van der Waals surface area contributed by atoms with E-state index in [9.17, 15) is 24.0 Å². The van der Waals surface area contributed by atoms with Crippen molar-refractivity contribution in [2.24, 2.45) is 5.92 Å². The SMILES string of the molecule is COC(=O)[C@@H](NC(=O)CNC(=O)[C@](NC(=O)CNC(=O)OCc1ccccc1)(c1ccccc1)c1ccccn1)C(C)C. The lowest BCUT2D eigenvalue weighted by molar-refractivity contribution is -0.146. The molecule has 0 aliphatic heterocycles. The van der Waals surface area contributed by atoms with E-state index in [0.29, 0.717) is 5.56 Å². The molecule has 4 amide bonds. The van der Waals surface area contributed by atoms with Gasteiger partial charge in [-0.05, 0) is 29.2 Å². The molecule has 0 aliphatic rings. The van der Waals surface area contributed by atoms with Crippen LogP contribution in [-0.2, 0) is 40.8 Å². The Kier molecular flexibility index (Phi) is 11.7. The van der Waals surface area contributed by atoms with Crippen LogP contribution in [0.15, 0.2) is 85.1 Å². The van der Waals surface area contributed by atoms with E-state index >= 15 is 0 Å². The fraction of sp³-hybridized carbons (Fsp3) is 0.290. The van der Waals surface area contributed by atoms with Gasteiger partial charge in [0.1, 0.15) is 19.2 Å². The number of alkyl carbamates (subject to hydrolysis) is 1. The first-order valence-corrected chi connectivity index (χ1v) is 13.6. The molecule has 226 valence electrons. The van der Waals surface area contributed by atoms with Gasteiger partial charge < -0.3 is 30.7 Å². The number of benzene rings is 2. The first-order chi connectivity index (χ1) is 20.7. The van der Waals surface area contributed by atoms with Crippen LogP contribution in [0.3, 0.4) is 0 Å². The van der Waals surface area contributed by atoms with Crippen molar-refractivity contribution in [2.45, 2.75) is 32.0 Å². The van der Waals surface area contributed by atoms with Crippen LogP contribution in [0.25, 0.3) is 0 Å². The Bertz CT molecular complexity index is 1350. The number of hydrogen-bond acceptors (Lipinski definition) is 8. The lowest BCUT2D eigenvalue weighted by Gasteiger charge is -2.33. The maximum Gasteiger partial charge on any atom is 0.407 e. The first kappa shape index (κ1) is 32.3. The van der Waals surface area contributed by atoms with E-state index in [4.69, 9.17) is 9.47 Å². The number of carbonyl (C=O) groups is 5. The molecule has 0 saturated heterocycles. The molecule has 12 nitrogen and oxygen atoms in total. The number of carbonyl (C=O) groups excluding carboxylic acids is 5. The summed E-state index contributed by atoms with van der Waals surface area (Å²) in [6, 6.07) is 21.3. The van der Waals surface area contributed by atoms with Gasteiger partial charge in [-0.25, -0.2) is 9.59 Å². The molecule has 3 rings (SSSR count). The van der Waals surface area contributed by atoms with E-state index in [1.807, 2.05) is 6.07 Å². The summed E-state index contributed by atoms with van der Waals surface area (Å²) in [5.74, 6) is -3.03. The molecule has 0 saturated carbocycles. The van der Waals surface area contributed by atoms with Crippen LogP contribution in [0.4, 0.5) is 4.79 Å². The third-order valence-electron chi connectivity index (χ3n) is 6.38. The van der Waals surface area contributed by atoms with E-state index in [0.717, 1.165) is 5.56 Å². The molecule has 0 unspecified atom stereocenters. The summed E-state index contributed by atoms with van der Waals surface area (Å²) >= 11 is 0. The zero-order valence-electron chi connectivity index (χ0n) is 24.2. The minimum Gasteiger partial charge on any atom is -0.467 e. The Morgan fingerprint density at radius 1 is 0.814 bits per heavy atom. The van der Waals surface area contributed by atoms with Crippen LogP contribution in [0.1, 0.15) is 30.7 Å². The second-order valence-electron chi connectivity index (χ2n) is 9.79. The summed E-state index contributed by atoms with van der Waals surface area (Å²) in [4.78, 5) is 68.6. The van der Waals surface area contributed by atoms with Crippen LogP contribution >= 0.6 is 0 Å². The number of amides is 4. The molecule has 4 N–H and O–H groups in total. The van der Waals surface area contributed by atoms with Crippen molar-refractivity contribution < 1.29 is 33.4 Å². The van der Waals surface area contributed by atoms with Crippen LogP contribution in [0, 0.1) is 5.92 Å². The Balaban J connectivity index is 1.80. The Morgan fingerprint density at radius 3 is 2.05 bits per heavy atom. The molecule has 1 aromatic heterocycles. The van der Waals surface area contributed by atoms with Gasteiger partial charge in [-0.1, -0.05) is 80.6 Å². The minimum atomic E-state index is -1.89. The lowest BCUT2D eigenvalue weighted by Crippen LogP contribution is -2.60. The van der Waals surface area contributed by atoms with Crippen molar-refractivity contribution in [3.8, 4) is 0 Å². The van der Waals surface area contributed by atoms with Gasteiger partial charge >= 0.3 is 12.1 Å². The summed E-state index contributed by atoms with van der Waals surface area (Å²) in [5.41, 5.74) is -0.614. The number of aromatic nitrogens is 1. The Hall–Kier alpha value is -5.26. The molecule has 1 heterocycles. The predicted octanol–water partition coefficient (Wildman–Crippen LogP) is 1.80. The van der Waals surface area contributed by atoms with Crippen LogP contribution in [0.5, 0.6) is 0 Å². The lowest BCUT2D eigenvalue weighted by atomic mass is 9.84. The van der Waals surface area contributed by atoms with Crippen molar-refractivity contribution in [3.05, 3.63) is 102 Å². The van der Waals surface area contributed by atoms with E-state index in [1.54, 1.807) is 86.6 Å². The summed E-state index contributed by atoms with van der Waals surface area (Å²) in [5, 5.41) is 10.2. The Morgan fingerprint density at radius 2 is 1.44 bits per heavy atom. The van der Waals surface area contributed by atoms with Gasteiger partial charge in [0, 0.05) is 6.20 Å². The van der Waals surface area contributed by atoms with Crippen molar-refractivity contribution in [1.29, 1.82) is 0 Å². The smallest absolute Gasteiger partial charge is 0.407 e. The number of nitrogens with one attached hydrogen (secondary N) is 4. The fourth-order valence-electron chi connectivity index (χ4n) is 4.18. The summed E-state index contributed by atoms with van der Waals surface area (Å²) < 4.78 is 9.92. The second kappa shape index (κ2) is 15.7. The van der Waals surface area contributed by atoms with Crippen LogP contribution < -0.4 is 21.3 Å². The zero-order valence-corrected chi connectivity index (χ0v) is 24.2. The van der Waals surface area contributed by atoms with Gasteiger partial charge in [-0.15, -0.1) is 0 Å². The molecule has 3 aromatic rings. The topological polar surface area (TPSA) is 165 Å². The number of rotatable bonds is 13. The maximum atomic E-state index is 14.0. The molecule has 43 heavy (non-hydrogen) atoms. The highest BCUT2D eigenvalue weighted by atomic mass is 16.5. The van der Waals surface area contributed by atoms with Gasteiger partial charge in [0.2, 0.25) is 11.8 Å². The van der Waals surface area contributed by atoms with Gasteiger partial charge in [0.25, 0.3) is 5.91 Å². The number of nitrogens with zero attached hydrogens (tertiary/aromatic N) is 1. The van der Waals surface area contributed by atoms with E-state index < -0.39 is 54.5 Å². The fourth-order valence-corrected chi connectivity index (χ4v) is 4.18. The molecule has 0 fully saturated rings. The van der Waals surface area contributed by atoms with Gasteiger partial charge in [-0.3, -0.25) is 19.4 Å². The number of methoxy groups -OCH3 is 1. The normalized spacial score (nSPS) is 12.7. The molecule has 12 heteroatoms. The van der Waals surface area contributed by atoms with Gasteiger partial charge in [0.05, 0.1) is 19.3 Å². The molecule has 0 aliphatic carbocycles. The van der Waals surface area contributed by atoms with Crippen molar-refractivity contribution in [2.75, 3.05) is 20.2 Å². The van der Waals surface area contributed by atoms with Crippen LogP contribution in [-0.4, -0.2) is 61.0 Å². The molecule has 0 spiro atoms. The molecule has 0 radical (unpaired) electrons. The minimum absolute atomic E-state index is 0.00823. The highest BCUT2D eigenvalue weighted by Crippen LogP contribution is 2.29. The van der Waals surface area contributed by atoms with Crippen LogP contribution in [0.2, 0.25) is 0 Å². The summed E-state index contributed by atoms with van der Waals surface area (Å²) in [6.07, 6.45) is 0.635. The average molecular weight is 590 g/mol. The first-order valence-electron chi connectivity index (χ1n) is 13.6. The summed E-state index contributed by atoms with van der Waals surface area (Å²) in [6.45, 7) is 2.46. The van der Waals surface area contributed by atoms with Gasteiger partial charge in [-0.2, -0.15) is 0 Å². The zero-order chi connectivity index (χ0) is 31.2. The van der Waals surface area contributed by atoms with Crippen molar-refractivity contribution in [3.63, 3.8) is 0 Å². The molecular weight excluding hydrogens is 554 g/mol. The number of hydrogen-bond donors (Lipinski definition) is 4. The standard InChI is InChI=1S/C31H35N5O7/c1-21(2)27(28(39)42-3)35-25(37)18-33-29(40)31(23-14-8-5-9-15-23,24-16-10-11-17-32-24)36-26(38)19-34-30(41)43-20-22-12-6-4-7-13-22/h4-17,21,27H,18-20H2,1-3H3,(H,33,40)(H,34,41)(H,35,37)(H,36,38)/t27-,31-/m0/s1. The third-order valence-corrected chi connectivity index (χ3v) is 6.38. The number of ether oxygens (including phenoxy) is 2. The van der Waals surface area contributed by atoms with Crippen molar-refractivity contribution in [1.82, 2.24) is 26.3 Å². The Labute approximate surface area is 249 Å². The monoisotopic (exact) mass is 589 g/mol. The van der Waals surface area contributed by atoms with Gasteiger partial charge in [0.15, 0.2) is 5.54 Å². The quantitative estimate of drug-likeness (QED) is 0.219. The highest BCUT2D eigenvalue weighted by molar-refractivity contribution is 5.98. The van der Waals surface area contributed by atoms with Crippen molar-refractivity contribution >= 4 is 29.8 Å².